The minimum Gasteiger partial charge on any atom is -0.480 e. The van der Waals surface area contributed by atoms with Gasteiger partial charge in [0.2, 0.25) is 0 Å². The van der Waals surface area contributed by atoms with Crippen LogP contribution in [0.4, 0.5) is 25.8 Å². The minimum absolute atomic E-state index is 0.0926. The molecule has 44 heavy (non-hydrogen) atoms. The summed E-state index contributed by atoms with van der Waals surface area (Å²) in [5.74, 6) is -0.612. The number of carbonyl (C=O) groups is 4. The van der Waals surface area contributed by atoms with Crippen molar-refractivity contribution in [2.45, 2.75) is 44.8 Å². The predicted octanol–water partition coefficient (Wildman–Crippen LogP) is 7.48. The molecule has 0 aliphatic carbocycles. The van der Waals surface area contributed by atoms with Gasteiger partial charge < -0.3 is 30.1 Å². The monoisotopic (exact) mass is 732 g/mol. The molecule has 0 radical (unpaired) electrons. The number of amides is 4. The van der Waals surface area contributed by atoms with Gasteiger partial charge in [-0.25, -0.2) is 19.2 Å². The number of urea groups is 1. The van der Waals surface area contributed by atoms with Crippen LogP contribution in [-0.4, -0.2) is 58.4 Å². The molecule has 11 nitrogen and oxygen atoms in total. The zero-order valence-corrected chi connectivity index (χ0v) is 27.6. The molecule has 0 saturated carbocycles. The first-order chi connectivity index (χ1) is 20.7. The van der Waals surface area contributed by atoms with Crippen molar-refractivity contribution >= 4 is 67.4 Å². The molecule has 1 heterocycles. The summed E-state index contributed by atoms with van der Waals surface area (Å²) < 4.78 is 12.2. The van der Waals surface area contributed by atoms with E-state index in [1.165, 1.54) is 4.90 Å². The molecule has 1 fully saturated rings. The number of anilines is 2. The zero-order valence-electron chi connectivity index (χ0n) is 24.4. The minimum atomic E-state index is -1.43. The number of carboxylic acids is 1. The largest absolute Gasteiger partial charge is 0.480 e. The number of aliphatic carboxylic acids is 1. The van der Waals surface area contributed by atoms with Crippen LogP contribution in [0.2, 0.25) is 0 Å². The van der Waals surface area contributed by atoms with Crippen molar-refractivity contribution < 1.29 is 33.8 Å². The van der Waals surface area contributed by atoms with E-state index >= 15 is 0 Å². The van der Waals surface area contributed by atoms with Crippen LogP contribution in [-0.2, 0) is 9.53 Å². The lowest BCUT2D eigenvalue weighted by atomic mass is 9.87. The highest BCUT2D eigenvalue weighted by Crippen LogP contribution is 2.25. The number of hydrogen-bond acceptors (Lipinski definition) is 6. The van der Waals surface area contributed by atoms with Crippen LogP contribution in [0, 0.1) is 0 Å². The normalized spacial score (nSPS) is 13.8. The van der Waals surface area contributed by atoms with Crippen LogP contribution in [0.5, 0.6) is 5.75 Å². The van der Waals surface area contributed by atoms with Crippen molar-refractivity contribution in [3.05, 3.63) is 87.8 Å². The molecule has 0 spiro atoms. The second-order valence-corrected chi connectivity index (χ2v) is 12.6. The Hall–Kier alpha value is -4.10. The highest BCUT2D eigenvalue weighted by Gasteiger charge is 2.44. The van der Waals surface area contributed by atoms with Gasteiger partial charge >= 0.3 is 24.2 Å². The Balaban J connectivity index is 0.000000266. The van der Waals surface area contributed by atoms with Crippen molar-refractivity contribution in [1.82, 2.24) is 10.2 Å². The van der Waals surface area contributed by atoms with Crippen LogP contribution in [0.3, 0.4) is 0 Å². The van der Waals surface area contributed by atoms with Gasteiger partial charge in [-0.3, -0.25) is 5.32 Å². The van der Waals surface area contributed by atoms with Crippen LogP contribution in [0.25, 0.3) is 0 Å². The third-order valence-electron chi connectivity index (χ3n) is 6.18. The number of nitrogens with zero attached hydrogens (tertiary/aromatic N) is 1. The number of likely N-dealkylation sites (tertiary alicyclic amines) is 1. The second-order valence-electron chi connectivity index (χ2n) is 10.8. The number of carbonyl (C=O) groups excluding carboxylic acids is 3. The number of nitrogens with one attached hydrogen (secondary N) is 3. The maximum Gasteiger partial charge on any atom is 0.417 e. The molecule has 4 amide bonds. The van der Waals surface area contributed by atoms with E-state index < -0.39 is 35.3 Å². The van der Waals surface area contributed by atoms with Crippen LogP contribution in [0.15, 0.2) is 87.8 Å². The summed E-state index contributed by atoms with van der Waals surface area (Å²) in [6.07, 6.45) is -0.802. The van der Waals surface area contributed by atoms with Crippen molar-refractivity contribution in [2.24, 2.45) is 0 Å². The van der Waals surface area contributed by atoms with E-state index in [-0.39, 0.29) is 25.9 Å². The fourth-order valence-electron chi connectivity index (χ4n) is 3.97. The molecule has 1 saturated heterocycles. The van der Waals surface area contributed by atoms with Crippen molar-refractivity contribution in [1.29, 1.82) is 0 Å². The lowest BCUT2D eigenvalue weighted by Crippen LogP contribution is -2.61. The average molecular weight is 734 g/mol. The Kier molecular flexibility index (Phi) is 12.2. The third-order valence-corrected chi connectivity index (χ3v) is 7.23. The quantitative estimate of drug-likeness (QED) is 0.213. The second kappa shape index (κ2) is 15.6. The molecule has 4 rings (SSSR count). The number of ether oxygens (including phenoxy) is 2. The molecule has 3 aromatic carbocycles. The van der Waals surface area contributed by atoms with E-state index in [9.17, 15) is 24.3 Å². The van der Waals surface area contributed by atoms with E-state index in [1.54, 1.807) is 69.3 Å². The van der Waals surface area contributed by atoms with E-state index in [0.717, 1.165) is 8.95 Å². The maximum absolute atomic E-state index is 12.3. The summed E-state index contributed by atoms with van der Waals surface area (Å²) >= 11 is 6.63. The number of hydrogen-bond donors (Lipinski definition) is 4. The highest BCUT2D eigenvalue weighted by molar-refractivity contribution is 9.10. The Morgan fingerprint density at radius 1 is 0.795 bits per heavy atom. The molecule has 1 aliphatic heterocycles. The Morgan fingerprint density at radius 2 is 1.30 bits per heavy atom. The van der Waals surface area contributed by atoms with Gasteiger partial charge in [0, 0.05) is 33.4 Å². The SMILES string of the molecule is CC(C)(C)OC(=O)N1CCC(NC(=O)Nc2ccc(Br)cc2)(C(=O)O)CC1.O=C(Nc1ccc(Br)cc1)Oc1ccccc1. The summed E-state index contributed by atoms with van der Waals surface area (Å²) in [5.41, 5.74) is -0.823. The van der Waals surface area contributed by atoms with Crippen molar-refractivity contribution in [3.63, 3.8) is 0 Å². The van der Waals surface area contributed by atoms with Crippen LogP contribution >= 0.6 is 31.9 Å². The smallest absolute Gasteiger partial charge is 0.417 e. The van der Waals surface area contributed by atoms with E-state index in [4.69, 9.17) is 9.47 Å². The topological polar surface area (TPSA) is 146 Å². The molecule has 0 bridgehead atoms. The van der Waals surface area contributed by atoms with Gasteiger partial charge in [0.1, 0.15) is 16.9 Å². The molecule has 1 aliphatic rings. The first kappa shape index (κ1) is 34.4. The molecule has 4 N–H and O–H groups in total. The number of carboxylic acid groups (broad SMARTS) is 1. The molecular weight excluding hydrogens is 700 g/mol. The lowest BCUT2D eigenvalue weighted by molar-refractivity contribution is -0.146. The number of para-hydroxylation sites is 1. The standard InChI is InChI=1S/C18H24BrN3O5.C13H10BrNO2/c1-17(2,3)27-16(26)22-10-8-18(9-11-22,14(23)24)21-15(25)20-13-6-4-12(19)5-7-13;14-10-6-8-11(9-7-10)15-13(16)17-12-4-2-1-3-5-12/h4-7H,8-11H2,1-3H3,(H,23,24)(H2,20,21,25);1-9H,(H,15,16). The fraction of sp³-hybridized carbons (Fsp3) is 0.290. The molecule has 13 heteroatoms. The lowest BCUT2D eigenvalue weighted by Gasteiger charge is -2.39. The van der Waals surface area contributed by atoms with Crippen LogP contribution in [0.1, 0.15) is 33.6 Å². The highest BCUT2D eigenvalue weighted by atomic mass is 79.9. The summed E-state index contributed by atoms with van der Waals surface area (Å²) in [5, 5.41) is 17.5. The Labute approximate surface area is 272 Å². The van der Waals surface area contributed by atoms with Gasteiger partial charge in [-0.2, -0.15) is 0 Å². The van der Waals surface area contributed by atoms with Crippen LogP contribution < -0.4 is 20.7 Å². The molecule has 3 aromatic rings. The van der Waals surface area contributed by atoms with Gasteiger partial charge in [-0.05, 0) is 94.3 Å². The Bertz CT molecular complexity index is 1420. The van der Waals surface area contributed by atoms with E-state index in [1.807, 2.05) is 30.3 Å². The van der Waals surface area contributed by atoms with Gasteiger partial charge in [-0.1, -0.05) is 50.1 Å². The average Bonchev–Trinajstić information content (AvgIpc) is 2.96. The first-order valence-corrected chi connectivity index (χ1v) is 15.2. The summed E-state index contributed by atoms with van der Waals surface area (Å²) in [4.78, 5) is 49.2. The maximum atomic E-state index is 12.3. The number of rotatable bonds is 5. The third kappa shape index (κ3) is 11.2. The number of benzene rings is 3. The fourth-order valence-corrected chi connectivity index (χ4v) is 4.50. The van der Waals surface area contributed by atoms with Gasteiger partial charge in [0.15, 0.2) is 0 Å². The molecule has 0 atom stereocenters. The first-order valence-electron chi connectivity index (χ1n) is 13.6. The van der Waals surface area contributed by atoms with E-state index in [2.05, 4.69) is 47.8 Å². The van der Waals surface area contributed by atoms with Crippen molar-refractivity contribution in [2.75, 3.05) is 23.7 Å². The van der Waals surface area contributed by atoms with Gasteiger partial charge in [0.05, 0.1) is 0 Å². The zero-order chi connectivity index (χ0) is 32.3. The van der Waals surface area contributed by atoms with Gasteiger partial charge in [0.25, 0.3) is 0 Å². The Morgan fingerprint density at radius 3 is 1.77 bits per heavy atom. The molecule has 234 valence electrons. The predicted molar refractivity (Wildman–Crippen MR) is 174 cm³/mol. The van der Waals surface area contributed by atoms with Gasteiger partial charge in [-0.15, -0.1) is 0 Å². The molecule has 0 unspecified atom stereocenters. The van der Waals surface area contributed by atoms with E-state index in [0.29, 0.717) is 17.1 Å². The number of piperidine rings is 1. The molecule has 0 aromatic heterocycles. The summed E-state index contributed by atoms with van der Waals surface area (Å²) in [6.45, 7) is 5.67. The summed E-state index contributed by atoms with van der Waals surface area (Å²) in [7, 11) is 0. The van der Waals surface area contributed by atoms with Crippen molar-refractivity contribution in [3.8, 4) is 5.75 Å². The summed E-state index contributed by atoms with van der Waals surface area (Å²) in [6, 6.07) is 22.5. The number of halogens is 2. The molecular formula is C31H34Br2N4O7.